The fourth-order valence-corrected chi connectivity index (χ4v) is 2.77. The molecule has 4 heteroatoms. The summed E-state index contributed by atoms with van der Waals surface area (Å²) in [6, 6.07) is 8.03. The van der Waals surface area contributed by atoms with Crippen molar-refractivity contribution in [1.29, 1.82) is 0 Å². The molecule has 1 aromatic carbocycles. The van der Waals surface area contributed by atoms with E-state index in [0.29, 0.717) is 13.1 Å². The predicted octanol–water partition coefficient (Wildman–Crippen LogP) is 3.21. The molecular formula is C17H25NO3. The fourth-order valence-electron chi connectivity index (χ4n) is 2.77. The molecule has 0 atom stereocenters. The van der Waals surface area contributed by atoms with Gasteiger partial charge in [-0.1, -0.05) is 37.8 Å². The quantitative estimate of drug-likeness (QED) is 0.686. The zero-order valence-corrected chi connectivity index (χ0v) is 12.5. The monoisotopic (exact) mass is 291 g/mol. The molecule has 0 spiro atoms. The van der Waals surface area contributed by atoms with Gasteiger partial charge in [0.05, 0.1) is 13.0 Å². The molecule has 21 heavy (non-hydrogen) atoms. The molecule has 1 saturated carbocycles. The Morgan fingerprint density at radius 3 is 2.62 bits per heavy atom. The van der Waals surface area contributed by atoms with Gasteiger partial charge >= 0.3 is 5.97 Å². The SMILES string of the molecule is O=C(O)CCNCc1ccc(OCCC2CCCC2)cc1. The molecule has 4 nitrogen and oxygen atoms in total. The number of hydrogen-bond donors (Lipinski definition) is 2. The second-order valence-electron chi connectivity index (χ2n) is 5.75. The number of rotatable bonds is 9. The number of carboxylic acids is 1. The van der Waals surface area contributed by atoms with Crippen LogP contribution in [0.15, 0.2) is 24.3 Å². The van der Waals surface area contributed by atoms with E-state index in [0.717, 1.165) is 23.8 Å². The van der Waals surface area contributed by atoms with E-state index in [1.807, 2.05) is 24.3 Å². The number of benzene rings is 1. The molecule has 1 aromatic rings. The van der Waals surface area contributed by atoms with Crippen LogP contribution in [0.4, 0.5) is 0 Å². The minimum Gasteiger partial charge on any atom is -0.494 e. The third-order valence-electron chi connectivity index (χ3n) is 4.04. The number of carbonyl (C=O) groups is 1. The topological polar surface area (TPSA) is 58.6 Å². The zero-order valence-electron chi connectivity index (χ0n) is 12.5. The fraction of sp³-hybridized carbons (Fsp3) is 0.588. The Hall–Kier alpha value is -1.55. The van der Waals surface area contributed by atoms with Crippen LogP contribution in [-0.2, 0) is 11.3 Å². The molecule has 0 saturated heterocycles. The summed E-state index contributed by atoms with van der Waals surface area (Å²) >= 11 is 0. The second-order valence-corrected chi connectivity index (χ2v) is 5.75. The molecule has 0 heterocycles. The van der Waals surface area contributed by atoms with Gasteiger partial charge in [-0.15, -0.1) is 0 Å². The van der Waals surface area contributed by atoms with E-state index in [4.69, 9.17) is 9.84 Å². The van der Waals surface area contributed by atoms with Crippen molar-refractivity contribution in [2.75, 3.05) is 13.2 Å². The largest absolute Gasteiger partial charge is 0.494 e. The highest BCUT2D eigenvalue weighted by Gasteiger charge is 2.14. The van der Waals surface area contributed by atoms with E-state index >= 15 is 0 Å². The molecule has 1 aliphatic rings. The van der Waals surface area contributed by atoms with Gasteiger partial charge in [-0.25, -0.2) is 0 Å². The summed E-state index contributed by atoms with van der Waals surface area (Å²) in [7, 11) is 0. The Kier molecular flexibility index (Phi) is 6.54. The molecule has 2 rings (SSSR count). The standard InChI is InChI=1S/C17H25NO3/c19-17(20)9-11-18-13-15-5-7-16(8-6-15)21-12-10-14-3-1-2-4-14/h5-8,14,18H,1-4,9-13H2,(H,19,20). The van der Waals surface area contributed by atoms with Gasteiger partial charge in [-0.05, 0) is 30.0 Å². The lowest BCUT2D eigenvalue weighted by molar-refractivity contribution is -0.136. The van der Waals surface area contributed by atoms with Gasteiger partial charge in [0.1, 0.15) is 5.75 Å². The number of aliphatic carboxylic acids is 1. The first kappa shape index (κ1) is 15.8. The van der Waals surface area contributed by atoms with E-state index in [2.05, 4.69) is 5.32 Å². The number of carboxylic acid groups (broad SMARTS) is 1. The van der Waals surface area contributed by atoms with Crippen molar-refractivity contribution in [2.45, 2.75) is 45.1 Å². The minimum absolute atomic E-state index is 0.155. The van der Waals surface area contributed by atoms with Crippen LogP contribution in [0.2, 0.25) is 0 Å². The highest BCUT2D eigenvalue weighted by Crippen LogP contribution is 2.27. The maximum absolute atomic E-state index is 10.4. The smallest absolute Gasteiger partial charge is 0.304 e. The van der Waals surface area contributed by atoms with Crippen molar-refractivity contribution in [3.8, 4) is 5.75 Å². The maximum Gasteiger partial charge on any atom is 0.304 e. The zero-order chi connectivity index (χ0) is 14.9. The first-order valence-corrected chi connectivity index (χ1v) is 7.88. The van der Waals surface area contributed by atoms with Crippen LogP contribution in [0.1, 0.15) is 44.1 Å². The highest BCUT2D eigenvalue weighted by molar-refractivity contribution is 5.66. The lowest BCUT2D eigenvalue weighted by atomic mass is 10.1. The summed E-state index contributed by atoms with van der Waals surface area (Å²) in [5, 5.41) is 11.7. The predicted molar refractivity (Wildman–Crippen MR) is 82.5 cm³/mol. The Balaban J connectivity index is 1.62. The van der Waals surface area contributed by atoms with Gasteiger partial charge in [0.2, 0.25) is 0 Å². The van der Waals surface area contributed by atoms with Crippen LogP contribution >= 0.6 is 0 Å². The first-order valence-electron chi connectivity index (χ1n) is 7.88. The summed E-state index contributed by atoms with van der Waals surface area (Å²) in [5.74, 6) is 1.01. The van der Waals surface area contributed by atoms with Gasteiger partial charge in [-0.2, -0.15) is 0 Å². The van der Waals surface area contributed by atoms with Crippen molar-refractivity contribution in [3.05, 3.63) is 29.8 Å². The van der Waals surface area contributed by atoms with Crippen LogP contribution in [0.3, 0.4) is 0 Å². The van der Waals surface area contributed by atoms with Crippen LogP contribution < -0.4 is 10.1 Å². The van der Waals surface area contributed by atoms with E-state index in [9.17, 15) is 4.79 Å². The van der Waals surface area contributed by atoms with Gasteiger partial charge in [0.15, 0.2) is 0 Å². The molecular weight excluding hydrogens is 266 g/mol. The van der Waals surface area contributed by atoms with Crippen LogP contribution in [0, 0.1) is 5.92 Å². The second kappa shape index (κ2) is 8.67. The molecule has 0 aliphatic heterocycles. The van der Waals surface area contributed by atoms with Crippen LogP contribution in [-0.4, -0.2) is 24.2 Å². The average Bonchev–Trinajstić information content (AvgIpc) is 2.98. The molecule has 0 radical (unpaired) electrons. The first-order chi connectivity index (χ1) is 10.2. The Morgan fingerprint density at radius 2 is 1.95 bits per heavy atom. The molecule has 116 valence electrons. The summed E-state index contributed by atoms with van der Waals surface area (Å²) in [4.78, 5) is 10.4. The van der Waals surface area contributed by atoms with Crippen molar-refractivity contribution in [2.24, 2.45) is 5.92 Å². The minimum atomic E-state index is -0.770. The molecule has 0 unspecified atom stereocenters. The van der Waals surface area contributed by atoms with Crippen LogP contribution in [0.25, 0.3) is 0 Å². The number of ether oxygens (including phenoxy) is 1. The van der Waals surface area contributed by atoms with E-state index < -0.39 is 5.97 Å². The average molecular weight is 291 g/mol. The summed E-state index contributed by atoms with van der Waals surface area (Å²) in [6.07, 6.45) is 6.82. The summed E-state index contributed by atoms with van der Waals surface area (Å²) in [5.41, 5.74) is 1.14. The Labute approximate surface area is 126 Å². The third-order valence-corrected chi connectivity index (χ3v) is 4.04. The normalized spacial score (nSPS) is 15.2. The van der Waals surface area contributed by atoms with Gasteiger partial charge in [0.25, 0.3) is 0 Å². The lowest BCUT2D eigenvalue weighted by Gasteiger charge is -2.11. The van der Waals surface area contributed by atoms with Gasteiger partial charge < -0.3 is 15.2 Å². The van der Waals surface area contributed by atoms with E-state index in [1.165, 1.54) is 32.1 Å². The molecule has 1 fully saturated rings. The Bertz CT molecular complexity index is 424. The van der Waals surface area contributed by atoms with Crippen molar-refractivity contribution in [3.63, 3.8) is 0 Å². The number of hydrogen-bond acceptors (Lipinski definition) is 3. The summed E-state index contributed by atoms with van der Waals surface area (Å²) in [6.45, 7) is 1.99. The molecule has 1 aliphatic carbocycles. The molecule has 0 aromatic heterocycles. The van der Waals surface area contributed by atoms with Gasteiger partial charge in [0, 0.05) is 13.1 Å². The molecule has 0 amide bonds. The highest BCUT2D eigenvalue weighted by atomic mass is 16.5. The van der Waals surface area contributed by atoms with Crippen molar-refractivity contribution < 1.29 is 14.6 Å². The third kappa shape index (κ3) is 6.17. The van der Waals surface area contributed by atoms with Crippen molar-refractivity contribution in [1.82, 2.24) is 5.32 Å². The lowest BCUT2D eigenvalue weighted by Crippen LogP contribution is -2.17. The van der Waals surface area contributed by atoms with Crippen LogP contribution in [0.5, 0.6) is 5.75 Å². The molecule has 2 N–H and O–H groups in total. The number of nitrogens with one attached hydrogen (secondary N) is 1. The van der Waals surface area contributed by atoms with E-state index in [1.54, 1.807) is 0 Å². The Morgan fingerprint density at radius 1 is 1.24 bits per heavy atom. The molecule has 0 bridgehead atoms. The van der Waals surface area contributed by atoms with E-state index in [-0.39, 0.29) is 6.42 Å². The van der Waals surface area contributed by atoms with Crippen molar-refractivity contribution >= 4 is 5.97 Å². The summed E-state index contributed by atoms with van der Waals surface area (Å²) < 4.78 is 5.78. The maximum atomic E-state index is 10.4. The van der Waals surface area contributed by atoms with Gasteiger partial charge in [-0.3, -0.25) is 4.79 Å².